The van der Waals surface area contributed by atoms with Crippen LogP contribution >= 0.6 is 23.7 Å². The molecule has 2 aromatic carbocycles. The second kappa shape index (κ2) is 9.73. The molecule has 29 heavy (non-hydrogen) atoms. The van der Waals surface area contributed by atoms with E-state index in [4.69, 9.17) is 0 Å². The fourth-order valence-corrected chi connectivity index (χ4v) is 3.80. The fourth-order valence-electron chi connectivity index (χ4n) is 2.79. The van der Waals surface area contributed by atoms with Crippen LogP contribution in [0.5, 0.6) is 0 Å². The minimum atomic E-state index is -0.570. The first kappa shape index (κ1) is 22.7. The van der Waals surface area contributed by atoms with Crippen LogP contribution in [0.25, 0.3) is 10.2 Å². The zero-order valence-electron chi connectivity index (χ0n) is 15.9. The number of halogens is 2. The fraction of sp³-hybridized carbons (Fsp3) is 0.263. The first-order valence-electron chi connectivity index (χ1n) is 8.63. The number of fused-ring (bicyclic) bond motifs is 1. The highest BCUT2D eigenvalue weighted by molar-refractivity contribution is 7.22. The van der Waals surface area contributed by atoms with Crippen LogP contribution in [0.3, 0.4) is 0 Å². The Morgan fingerprint density at radius 1 is 1.21 bits per heavy atom. The molecule has 3 rings (SSSR count). The number of carbonyl (C=O) groups excluding carboxylic acids is 1. The third-order valence-corrected chi connectivity index (χ3v) is 5.17. The van der Waals surface area contributed by atoms with Crippen molar-refractivity contribution in [3.63, 3.8) is 0 Å². The van der Waals surface area contributed by atoms with Crippen molar-refractivity contribution in [2.24, 2.45) is 0 Å². The lowest BCUT2D eigenvalue weighted by Gasteiger charge is -2.21. The van der Waals surface area contributed by atoms with Crippen molar-refractivity contribution in [2.75, 3.05) is 32.1 Å². The van der Waals surface area contributed by atoms with E-state index < -0.39 is 10.8 Å². The van der Waals surface area contributed by atoms with Crippen LogP contribution in [0.4, 0.5) is 15.2 Å². The summed E-state index contributed by atoms with van der Waals surface area (Å²) in [4.78, 5) is 31.8. The van der Waals surface area contributed by atoms with E-state index in [-0.39, 0.29) is 29.5 Å². The van der Waals surface area contributed by atoms with Gasteiger partial charge < -0.3 is 4.90 Å². The number of thiazole rings is 1. The van der Waals surface area contributed by atoms with E-state index in [2.05, 4.69) is 4.98 Å². The SMILES string of the molecule is CN(C)CCCN(C(=O)c1ccccc1[N+](=O)[O-])c1nc2ccc(F)cc2s1.Cl. The summed E-state index contributed by atoms with van der Waals surface area (Å²) in [6.45, 7) is 1.07. The average Bonchev–Trinajstić information content (AvgIpc) is 3.07. The predicted molar refractivity (Wildman–Crippen MR) is 115 cm³/mol. The van der Waals surface area contributed by atoms with Gasteiger partial charge in [0, 0.05) is 12.6 Å². The molecule has 3 aromatic rings. The van der Waals surface area contributed by atoms with Crippen LogP contribution in [0.2, 0.25) is 0 Å². The number of nitro benzene ring substituents is 1. The highest BCUT2D eigenvalue weighted by Gasteiger charge is 2.27. The normalized spacial score (nSPS) is 10.8. The van der Waals surface area contributed by atoms with E-state index in [0.717, 1.165) is 6.54 Å². The van der Waals surface area contributed by atoms with E-state index in [1.165, 1.54) is 46.6 Å². The van der Waals surface area contributed by atoms with Crippen LogP contribution in [0, 0.1) is 15.9 Å². The summed E-state index contributed by atoms with van der Waals surface area (Å²) in [5.74, 6) is -0.877. The van der Waals surface area contributed by atoms with Crippen molar-refractivity contribution in [1.82, 2.24) is 9.88 Å². The van der Waals surface area contributed by atoms with Crippen LogP contribution < -0.4 is 4.90 Å². The molecule has 0 aliphatic rings. The van der Waals surface area contributed by atoms with Gasteiger partial charge in [-0.2, -0.15) is 0 Å². The van der Waals surface area contributed by atoms with Gasteiger partial charge in [-0.25, -0.2) is 9.37 Å². The number of amides is 1. The number of benzene rings is 2. The number of aromatic nitrogens is 1. The molecule has 0 fully saturated rings. The van der Waals surface area contributed by atoms with Crippen molar-refractivity contribution in [2.45, 2.75) is 6.42 Å². The van der Waals surface area contributed by atoms with Gasteiger partial charge in [-0.05, 0) is 51.3 Å². The van der Waals surface area contributed by atoms with Crippen LogP contribution in [0.1, 0.15) is 16.8 Å². The molecule has 1 heterocycles. The average molecular weight is 439 g/mol. The Morgan fingerprint density at radius 2 is 1.93 bits per heavy atom. The lowest BCUT2D eigenvalue weighted by Crippen LogP contribution is -2.33. The van der Waals surface area contributed by atoms with E-state index in [1.807, 2.05) is 19.0 Å². The predicted octanol–water partition coefficient (Wildman–Crippen LogP) is 4.36. The van der Waals surface area contributed by atoms with Crippen LogP contribution in [-0.4, -0.2) is 47.9 Å². The van der Waals surface area contributed by atoms with E-state index in [1.54, 1.807) is 12.1 Å². The lowest BCUT2D eigenvalue weighted by molar-refractivity contribution is -0.385. The smallest absolute Gasteiger partial charge is 0.282 e. The van der Waals surface area contributed by atoms with E-state index >= 15 is 0 Å². The lowest BCUT2D eigenvalue weighted by atomic mass is 10.1. The molecule has 0 bridgehead atoms. The Hall–Kier alpha value is -2.62. The summed E-state index contributed by atoms with van der Waals surface area (Å²) in [6, 6.07) is 10.1. The highest BCUT2D eigenvalue weighted by Crippen LogP contribution is 2.31. The van der Waals surface area contributed by atoms with Crippen LogP contribution in [-0.2, 0) is 0 Å². The summed E-state index contributed by atoms with van der Waals surface area (Å²) in [6.07, 6.45) is 0.656. The molecule has 1 amide bonds. The topological polar surface area (TPSA) is 79.6 Å². The van der Waals surface area contributed by atoms with Crippen molar-refractivity contribution >= 4 is 50.7 Å². The van der Waals surface area contributed by atoms with Gasteiger partial charge in [-0.1, -0.05) is 23.5 Å². The van der Waals surface area contributed by atoms with E-state index in [0.29, 0.717) is 28.3 Å². The molecule has 0 atom stereocenters. The minimum absolute atomic E-state index is 0. The second-order valence-corrected chi connectivity index (χ2v) is 7.51. The van der Waals surface area contributed by atoms with Gasteiger partial charge in [0.05, 0.1) is 15.1 Å². The van der Waals surface area contributed by atoms with Gasteiger partial charge in [0.1, 0.15) is 11.4 Å². The maximum atomic E-state index is 13.5. The van der Waals surface area contributed by atoms with Crippen molar-refractivity contribution in [3.8, 4) is 0 Å². The maximum Gasteiger partial charge on any atom is 0.282 e. The Labute approximate surface area is 177 Å². The number of carbonyl (C=O) groups is 1. The van der Waals surface area contributed by atoms with Crippen molar-refractivity contribution in [1.29, 1.82) is 0 Å². The third kappa shape index (κ3) is 5.26. The molecular formula is C19H20ClFN4O3S. The molecule has 0 radical (unpaired) electrons. The Kier molecular flexibility index (Phi) is 7.60. The number of nitro groups is 1. The number of hydrogen-bond acceptors (Lipinski definition) is 6. The molecule has 10 heteroatoms. The Balaban J connectivity index is 0.00000300. The molecule has 0 saturated carbocycles. The number of para-hydroxylation sites is 1. The second-order valence-electron chi connectivity index (χ2n) is 6.50. The van der Waals surface area contributed by atoms with Crippen molar-refractivity contribution < 1.29 is 14.1 Å². The van der Waals surface area contributed by atoms with Crippen LogP contribution in [0.15, 0.2) is 42.5 Å². The maximum absolute atomic E-state index is 13.5. The number of rotatable bonds is 7. The molecule has 0 spiro atoms. The minimum Gasteiger partial charge on any atom is -0.309 e. The summed E-state index contributed by atoms with van der Waals surface area (Å²) in [5.41, 5.74) is 0.328. The summed E-state index contributed by atoms with van der Waals surface area (Å²) in [5, 5.41) is 11.7. The molecular weight excluding hydrogens is 419 g/mol. The number of hydrogen-bond donors (Lipinski definition) is 0. The van der Waals surface area contributed by atoms with E-state index in [9.17, 15) is 19.3 Å². The molecule has 0 unspecified atom stereocenters. The summed E-state index contributed by atoms with van der Waals surface area (Å²) < 4.78 is 14.1. The molecule has 154 valence electrons. The zero-order valence-corrected chi connectivity index (χ0v) is 17.5. The first-order valence-corrected chi connectivity index (χ1v) is 9.44. The Morgan fingerprint density at radius 3 is 2.62 bits per heavy atom. The van der Waals surface area contributed by atoms with Gasteiger partial charge >= 0.3 is 0 Å². The van der Waals surface area contributed by atoms with Gasteiger partial charge in [0.2, 0.25) is 0 Å². The summed E-state index contributed by atoms with van der Waals surface area (Å²) >= 11 is 1.19. The van der Waals surface area contributed by atoms with Gasteiger partial charge in [0.15, 0.2) is 5.13 Å². The third-order valence-electron chi connectivity index (χ3n) is 4.13. The van der Waals surface area contributed by atoms with Crippen molar-refractivity contribution in [3.05, 3.63) is 64.0 Å². The standard InChI is InChI=1S/C19H19FN4O3S.ClH/c1-22(2)10-5-11-23(18(25)14-6-3-4-7-16(14)24(26)27)19-21-15-9-8-13(20)12-17(15)28-19;/h3-4,6-9,12H,5,10-11H2,1-2H3;1H. The molecule has 0 aliphatic carbocycles. The zero-order chi connectivity index (χ0) is 20.3. The van der Waals surface area contributed by atoms with Gasteiger partial charge in [0.25, 0.3) is 11.6 Å². The van der Waals surface area contributed by atoms with Gasteiger partial charge in [-0.15, -0.1) is 12.4 Å². The molecule has 1 aromatic heterocycles. The molecule has 7 nitrogen and oxygen atoms in total. The number of anilines is 1. The number of nitrogens with zero attached hydrogens (tertiary/aromatic N) is 4. The van der Waals surface area contributed by atoms with Gasteiger partial charge in [-0.3, -0.25) is 19.8 Å². The monoisotopic (exact) mass is 438 g/mol. The molecule has 0 N–H and O–H groups in total. The first-order chi connectivity index (χ1) is 13.4. The Bertz CT molecular complexity index is 1030. The molecule has 0 saturated heterocycles. The highest BCUT2D eigenvalue weighted by atomic mass is 35.5. The summed E-state index contributed by atoms with van der Waals surface area (Å²) in [7, 11) is 3.85. The molecule has 0 aliphatic heterocycles. The largest absolute Gasteiger partial charge is 0.309 e. The quantitative estimate of drug-likeness (QED) is 0.404.